The summed E-state index contributed by atoms with van der Waals surface area (Å²) in [6.45, 7) is 5.24. The van der Waals surface area contributed by atoms with Crippen LogP contribution in [0.25, 0.3) is 10.8 Å². The van der Waals surface area contributed by atoms with E-state index < -0.39 is 0 Å². The molecule has 4 rings (SSSR count). The Hall–Kier alpha value is -2.86. The number of hydrogen-bond acceptors (Lipinski definition) is 2. The minimum Gasteiger partial charge on any atom is -0.312 e. The molecule has 0 N–H and O–H groups in total. The van der Waals surface area contributed by atoms with Crippen molar-refractivity contribution in [1.82, 2.24) is 9.55 Å². The Bertz CT molecular complexity index is 1070. The highest BCUT2D eigenvalue weighted by atomic mass is 16.1. The number of nitrogens with zero attached hydrogens (tertiary/aromatic N) is 2. The molecule has 3 heterocycles. The molecule has 3 heteroatoms. The Morgan fingerprint density at radius 1 is 1.12 bits per heavy atom. The lowest BCUT2D eigenvalue weighted by molar-refractivity contribution is 0.245. The Balaban J connectivity index is 1.78. The van der Waals surface area contributed by atoms with E-state index in [0.29, 0.717) is 0 Å². The van der Waals surface area contributed by atoms with Gasteiger partial charge in [0.2, 0.25) is 0 Å². The maximum atomic E-state index is 12.9. The van der Waals surface area contributed by atoms with Crippen LogP contribution >= 0.6 is 0 Å². The Labute approximate surface area is 147 Å². The van der Waals surface area contributed by atoms with Crippen molar-refractivity contribution in [2.45, 2.75) is 33.2 Å². The van der Waals surface area contributed by atoms with Crippen LogP contribution < -0.4 is 5.56 Å². The topological polar surface area (TPSA) is 34.9 Å². The molecule has 0 radical (unpaired) electrons. The highest BCUT2D eigenvalue weighted by Crippen LogP contribution is 2.30. The third-order valence-electron chi connectivity index (χ3n) is 4.84. The minimum absolute atomic E-state index is 0.115. The van der Waals surface area contributed by atoms with Gasteiger partial charge in [-0.05, 0) is 66.0 Å². The zero-order valence-corrected chi connectivity index (χ0v) is 14.5. The first-order valence-electron chi connectivity index (χ1n) is 8.61. The van der Waals surface area contributed by atoms with Gasteiger partial charge in [-0.3, -0.25) is 4.79 Å². The molecule has 0 amide bonds. The molecule has 3 aromatic rings. The Kier molecular flexibility index (Phi) is 3.69. The number of pyridine rings is 2. The van der Waals surface area contributed by atoms with Gasteiger partial charge < -0.3 is 4.57 Å². The normalized spacial score (nSPS) is 15.3. The number of aryl methyl sites for hydroxylation is 1. The fourth-order valence-corrected chi connectivity index (χ4v) is 3.41. The zero-order valence-electron chi connectivity index (χ0n) is 14.5. The Morgan fingerprint density at radius 2 is 2.00 bits per heavy atom. The maximum Gasteiger partial charge on any atom is 0.258 e. The molecule has 3 nitrogen and oxygen atoms in total. The largest absolute Gasteiger partial charge is 0.312 e. The quantitative estimate of drug-likeness (QED) is 0.589. The van der Waals surface area contributed by atoms with Crippen molar-refractivity contribution >= 4 is 10.8 Å². The van der Waals surface area contributed by atoms with E-state index in [9.17, 15) is 4.79 Å². The van der Waals surface area contributed by atoms with E-state index in [1.54, 1.807) is 6.20 Å². The van der Waals surface area contributed by atoms with Crippen molar-refractivity contribution in [1.29, 1.82) is 0 Å². The molecule has 0 bridgehead atoms. The summed E-state index contributed by atoms with van der Waals surface area (Å²) in [7, 11) is 0. The van der Waals surface area contributed by atoms with Gasteiger partial charge in [0.05, 0.1) is 0 Å². The van der Waals surface area contributed by atoms with Crippen LogP contribution in [0.5, 0.6) is 0 Å². The molecule has 1 aliphatic heterocycles. The van der Waals surface area contributed by atoms with Gasteiger partial charge in [0, 0.05) is 29.4 Å². The third kappa shape index (κ3) is 3.08. The van der Waals surface area contributed by atoms with Crippen LogP contribution in [-0.2, 0) is 13.0 Å². The molecule has 0 saturated heterocycles. The Morgan fingerprint density at radius 3 is 2.80 bits per heavy atom. The minimum atomic E-state index is 0.115. The molecule has 124 valence electrons. The maximum absolute atomic E-state index is 12.9. The molecular weight excluding hydrogens is 308 g/mol. The highest BCUT2D eigenvalue weighted by molar-refractivity contribution is 5.83. The average Bonchev–Trinajstić information content (AvgIpc) is 2.61. The second kappa shape index (κ2) is 5.89. The molecular formula is C22H20N2O. The molecule has 0 saturated carbocycles. The molecule has 2 aromatic heterocycles. The van der Waals surface area contributed by atoms with Gasteiger partial charge >= 0.3 is 0 Å². The van der Waals surface area contributed by atoms with E-state index in [-0.39, 0.29) is 11.0 Å². The van der Waals surface area contributed by atoms with Crippen LogP contribution in [0.3, 0.4) is 0 Å². The van der Waals surface area contributed by atoms with Gasteiger partial charge in [-0.1, -0.05) is 25.8 Å². The number of rotatable bonds is 0. The third-order valence-corrected chi connectivity index (χ3v) is 4.84. The van der Waals surface area contributed by atoms with E-state index in [1.807, 2.05) is 41.0 Å². The van der Waals surface area contributed by atoms with Crippen LogP contribution in [0.15, 0.2) is 53.5 Å². The molecule has 0 aliphatic carbocycles. The molecule has 1 aliphatic rings. The van der Waals surface area contributed by atoms with E-state index in [2.05, 4.69) is 36.7 Å². The molecule has 0 spiro atoms. The van der Waals surface area contributed by atoms with Gasteiger partial charge in [-0.2, -0.15) is 0 Å². The second-order valence-corrected chi connectivity index (χ2v) is 7.46. The smallest absolute Gasteiger partial charge is 0.258 e. The summed E-state index contributed by atoms with van der Waals surface area (Å²) in [6, 6.07) is 13.7. The summed E-state index contributed by atoms with van der Waals surface area (Å²) in [5.74, 6) is 6.21. The van der Waals surface area contributed by atoms with Crippen LogP contribution in [0.2, 0.25) is 0 Å². The van der Waals surface area contributed by atoms with Crippen molar-refractivity contribution in [3.05, 3.63) is 76.0 Å². The lowest BCUT2D eigenvalue weighted by Gasteiger charge is -2.32. The van der Waals surface area contributed by atoms with E-state index in [0.717, 1.165) is 47.1 Å². The number of hydrogen-bond donors (Lipinski definition) is 0. The van der Waals surface area contributed by atoms with Gasteiger partial charge in [0.15, 0.2) is 0 Å². The van der Waals surface area contributed by atoms with Crippen LogP contribution in [-0.4, -0.2) is 9.55 Å². The van der Waals surface area contributed by atoms with Crippen molar-refractivity contribution in [2.24, 2.45) is 5.41 Å². The first-order valence-corrected chi connectivity index (χ1v) is 8.61. The van der Waals surface area contributed by atoms with Crippen LogP contribution in [0, 0.1) is 17.3 Å². The van der Waals surface area contributed by atoms with Gasteiger partial charge in [0.25, 0.3) is 5.56 Å². The lowest BCUT2D eigenvalue weighted by atomic mass is 9.83. The molecule has 0 atom stereocenters. The highest BCUT2D eigenvalue weighted by Gasteiger charge is 2.26. The summed E-state index contributed by atoms with van der Waals surface area (Å²) in [5, 5.41) is 1.74. The van der Waals surface area contributed by atoms with Crippen LogP contribution in [0.4, 0.5) is 0 Å². The number of aromatic nitrogens is 2. The number of benzene rings is 1. The fraction of sp³-hybridized carbons (Fsp3) is 0.273. The standard InChI is InChI=1S/C22H20N2O/c1-22(2)11-10-19-14-17-13-16(6-8-18-5-3-4-12-23-18)7-9-20(17)21(25)24(19)15-22/h3-5,7,9,12-14H,10-11,15H2,1-2H3. The van der Waals surface area contributed by atoms with Gasteiger partial charge in [-0.25, -0.2) is 4.98 Å². The predicted octanol–water partition coefficient (Wildman–Crippen LogP) is 3.77. The average molecular weight is 328 g/mol. The van der Waals surface area contributed by atoms with E-state index in [4.69, 9.17) is 0 Å². The van der Waals surface area contributed by atoms with E-state index in [1.165, 1.54) is 0 Å². The van der Waals surface area contributed by atoms with Crippen molar-refractivity contribution in [3.8, 4) is 11.8 Å². The summed E-state index contributed by atoms with van der Waals surface area (Å²) >= 11 is 0. The molecule has 1 aromatic carbocycles. The van der Waals surface area contributed by atoms with Gasteiger partial charge in [0.1, 0.15) is 5.69 Å². The molecule has 25 heavy (non-hydrogen) atoms. The first-order chi connectivity index (χ1) is 12.0. The van der Waals surface area contributed by atoms with Crippen molar-refractivity contribution in [3.63, 3.8) is 0 Å². The fourth-order valence-electron chi connectivity index (χ4n) is 3.41. The summed E-state index contributed by atoms with van der Waals surface area (Å²) in [6.07, 6.45) is 3.79. The van der Waals surface area contributed by atoms with Crippen molar-refractivity contribution < 1.29 is 0 Å². The zero-order chi connectivity index (χ0) is 17.4. The second-order valence-electron chi connectivity index (χ2n) is 7.46. The summed E-state index contributed by atoms with van der Waals surface area (Å²) in [4.78, 5) is 17.1. The monoisotopic (exact) mass is 328 g/mol. The van der Waals surface area contributed by atoms with Crippen LogP contribution in [0.1, 0.15) is 37.2 Å². The predicted molar refractivity (Wildman–Crippen MR) is 101 cm³/mol. The van der Waals surface area contributed by atoms with Gasteiger partial charge in [-0.15, -0.1) is 0 Å². The SMILES string of the molecule is CC1(C)CCc2cc3cc(C#Cc4ccccn4)ccc3c(=O)n2C1. The summed E-state index contributed by atoms with van der Waals surface area (Å²) < 4.78 is 1.95. The van der Waals surface area contributed by atoms with Crippen molar-refractivity contribution in [2.75, 3.05) is 0 Å². The summed E-state index contributed by atoms with van der Waals surface area (Å²) in [5.41, 5.74) is 3.07. The lowest BCUT2D eigenvalue weighted by Crippen LogP contribution is -2.35. The first kappa shape index (κ1) is 15.7. The number of fused-ring (bicyclic) bond motifs is 2. The molecule has 0 fully saturated rings. The molecule has 0 unspecified atom stereocenters. The van der Waals surface area contributed by atoms with E-state index >= 15 is 0 Å².